The van der Waals surface area contributed by atoms with Crippen LogP contribution >= 0.6 is 24.0 Å². The van der Waals surface area contributed by atoms with Crippen LogP contribution in [0.1, 0.15) is 44.1 Å². The van der Waals surface area contributed by atoms with Gasteiger partial charge in [-0.15, -0.1) is 29.1 Å². The van der Waals surface area contributed by atoms with Gasteiger partial charge in [-0.05, 0) is 62.4 Å². The third-order valence-corrected chi connectivity index (χ3v) is 4.99. The van der Waals surface area contributed by atoms with Gasteiger partial charge in [0.05, 0.1) is 18.9 Å². The molecular formula is C22H28FIN6O2. The fourth-order valence-electron chi connectivity index (χ4n) is 3.04. The molecule has 3 N–H and O–H groups in total. The molecular weight excluding hydrogens is 526 g/mol. The van der Waals surface area contributed by atoms with E-state index in [1.165, 1.54) is 18.9 Å². The number of hydrogen-bond donors (Lipinski definition) is 3. The number of aliphatic imine (C=N–C) groups is 1. The van der Waals surface area contributed by atoms with Crippen molar-refractivity contribution in [3.8, 4) is 17.3 Å². The van der Waals surface area contributed by atoms with Gasteiger partial charge in [-0.25, -0.2) is 14.4 Å². The first-order valence-electron chi connectivity index (χ1n) is 10.5. The van der Waals surface area contributed by atoms with Crippen LogP contribution < -0.4 is 15.4 Å². The number of guanidine groups is 1. The van der Waals surface area contributed by atoms with E-state index in [0.717, 1.165) is 5.56 Å². The van der Waals surface area contributed by atoms with E-state index in [1.54, 1.807) is 24.5 Å². The normalized spacial score (nSPS) is 14.5. The Morgan fingerprint density at radius 3 is 2.91 bits per heavy atom. The molecule has 172 valence electrons. The molecule has 32 heavy (non-hydrogen) atoms. The van der Waals surface area contributed by atoms with E-state index < -0.39 is 0 Å². The lowest BCUT2D eigenvalue weighted by atomic mass is 10.1. The fourth-order valence-corrected chi connectivity index (χ4v) is 3.04. The van der Waals surface area contributed by atoms with Gasteiger partial charge in [0, 0.05) is 6.54 Å². The van der Waals surface area contributed by atoms with Crippen molar-refractivity contribution in [2.75, 3.05) is 13.2 Å². The summed E-state index contributed by atoms with van der Waals surface area (Å²) < 4.78 is 25.3. The van der Waals surface area contributed by atoms with Gasteiger partial charge in [-0.1, -0.05) is 6.07 Å². The van der Waals surface area contributed by atoms with Crippen LogP contribution in [0.25, 0.3) is 11.6 Å². The minimum atomic E-state index is -0.346. The smallest absolute Gasteiger partial charge is 0.216 e. The SMILES string of the molecule is CCNC(=NCc1nc(-c2ccco2)n[nH]1)NC(C)c1ccc(OCC2CC2)c(F)c1.I. The van der Waals surface area contributed by atoms with Crippen molar-refractivity contribution < 1.29 is 13.5 Å². The van der Waals surface area contributed by atoms with E-state index in [2.05, 4.69) is 30.8 Å². The molecule has 1 fully saturated rings. The molecule has 0 bridgehead atoms. The van der Waals surface area contributed by atoms with Gasteiger partial charge in [-0.3, -0.25) is 5.10 Å². The second-order valence-corrected chi connectivity index (χ2v) is 7.59. The van der Waals surface area contributed by atoms with Crippen LogP contribution in [0.2, 0.25) is 0 Å². The summed E-state index contributed by atoms with van der Waals surface area (Å²) in [7, 11) is 0. The molecule has 1 aromatic carbocycles. The van der Waals surface area contributed by atoms with Crippen LogP contribution in [-0.4, -0.2) is 34.3 Å². The predicted molar refractivity (Wildman–Crippen MR) is 130 cm³/mol. The number of aromatic amines is 1. The number of hydrogen-bond acceptors (Lipinski definition) is 5. The molecule has 2 heterocycles. The summed E-state index contributed by atoms with van der Waals surface area (Å²) in [5, 5.41) is 13.5. The second kappa shape index (κ2) is 11.3. The number of halogens is 2. The lowest BCUT2D eigenvalue weighted by Crippen LogP contribution is -2.38. The van der Waals surface area contributed by atoms with Crippen molar-refractivity contribution in [2.24, 2.45) is 10.9 Å². The summed E-state index contributed by atoms with van der Waals surface area (Å²) in [5.41, 5.74) is 0.807. The summed E-state index contributed by atoms with van der Waals surface area (Å²) >= 11 is 0. The molecule has 1 unspecified atom stereocenters. The second-order valence-electron chi connectivity index (χ2n) is 7.59. The molecule has 3 aromatic rings. The molecule has 2 aromatic heterocycles. The van der Waals surface area contributed by atoms with E-state index >= 15 is 0 Å². The molecule has 0 amide bonds. The number of H-pyrrole nitrogens is 1. The average molecular weight is 554 g/mol. The Bertz CT molecular complexity index is 1020. The highest BCUT2D eigenvalue weighted by Gasteiger charge is 2.22. The van der Waals surface area contributed by atoms with E-state index in [-0.39, 0.29) is 35.8 Å². The first-order chi connectivity index (χ1) is 15.1. The Morgan fingerprint density at radius 2 is 2.22 bits per heavy atom. The Labute approximate surface area is 203 Å². The topological polar surface area (TPSA) is 100 Å². The van der Waals surface area contributed by atoms with Gasteiger partial charge in [-0.2, -0.15) is 0 Å². The maximum absolute atomic E-state index is 14.4. The molecule has 4 rings (SSSR count). The molecule has 8 nitrogen and oxygen atoms in total. The number of rotatable bonds is 9. The molecule has 1 saturated carbocycles. The molecule has 10 heteroatoms. The van der Waals surface area contributed by atoms with Crippen molar-refractivity contribution in [1.29, 1.82) is 0 Å². The molecule has 0 aliphatic heterocycles. The van der Waals surface area contributed by atoms with E-state index in [4.69, 9.17) is 9.15 Å². The van der Waals surface area contributed by atoms with E-state index in [0.29, 0.717) is 54.7 Å². The number of nitrogens with zero attached hydrogens (tertiary/aromatic N) is 3. The van der Waals surface area contributed by atoms with Crippen LogP contribution in [0.5, 0.6) is 5.75 Å². The third kappa shape index (κ3) is 6.44. The lowest BCUT2D eigenvalue weighted by molar-refractivity contribution is 0.285. The Balaban J connectivity index is 0.00000289. The van der Waals surface area contributed by atoms with E-state index in [9.17, 15) is 4.39 Å². The van der Waals surface area contributed by atoms with Gasteiger partial charge in [0.2, 0.25) is 5.82 Å². The third-order valence-electron chi connectivity index (χ3n) is 4.99. The zero-order valence-corrected chi connectivity index (χ0v) is 20.4. The molecule has 0 saturated heterocycles. The van der Waals surface area contributed by atoms with Crippen LogP contribution in [0.3, 0.4) is 0 Å². The van der Waals surface area contributed by atoms with Gasteiger partial charge in [0.15, 0.2) is 23.3 Å². The molecule has 1 aliphatic rings. The highest BCUT2D eigenvalue weighted by atomic mass is 127. The summed E-state index contributed by atoms with van der Waals surface area (Å²) in [4.78, 5) is 8.94. The van der Waals surface area contributed by atoms with Crippen molar-refractivity contribution >= 4 is 29.9 Å². The molecule has 0 radical (unpaired) electrons. The zero-order chi connectivity index (χ0) is 21.6. The lowest BCUT2D eigenvalue weighted by Gasteiger charge is -2.19. The summed E-state index contributed by atoms with van der Waals surface area (Å²) in [6, 6.07) is 8.50. The average Bonchev–Trinajstić information content (AvgIpc) is 3.23. The predicted octanol–water partition coefficient (Wildman–Crippen LogP) is 4.43. The number of nitrogens with one attached hydrogen (secondary N) is 3. The summed E-state index contributed by atoms with van der Waals surface area (Å²) in [6.45, 7) is 5.52. The summed E-state index contributed by atoms with van der Waals surface area (Å²) in [5.74, 6) is 2.83. The highest BCUT2D eigenvalue weighted by Crippen LogP contribution is 2.30. The maximum Gasteiger partial charge on any atom is 0.216 e. The minimum absolute atomic E-state index is 0. The zero-order valence-electron chi connectivity index (χ0n) is 18.1. The van der Waals surface area contributed by atoms with Crippen molar-refractivity contribution in [2.45, 2.75) is 39.3 Å². The Morgan fingerprint density at radius 1 is 1.38 bits per heavy atom. The van der Waals surface area contributed by atoms with Crippen LogP contribution in [0, 0.1) is 11.7 Å². The molecule has 1 aliphatic carbocycles. The quantitative estimate of drug-likeness (QED) is 0.206. The van der Waals surface area contributed by atoms with Crippen LogP contribution in [-0.2, 0) is 6.54 Å². The number of furan rings is 1. The van der Waals surface area contributed by atoms with Crippen molar-refractivity contribution in [3.63, 3.8) is 0 Å². The monoisotopic (exact) mass is 554 g/mol. The standard InChI is InChI=1S/C22H27FN6O2.HI/c1-3-24-22(25-12-20-27-21(29-28-20)19-5-4-10-30-19)26-14(2)16-8-9-18(17(23)11-16)31-13-15-6-7-15;/h4-5,8-11,14-15H,3,6-7,12-13H2,1-2H3,(H2,24,25,26)(H,27,28,29);1H. The van der Waals surface area contributed by atoms with Crippen molar-refractivity contribution in [1.82, 2.24) is 25.8 Å². The van der Waals surface area contributed by atoms with Gasteiger partial charge < -0.3 is 19.8 Å². The molecule has 0 spiro atoms. The Kier molecular flexibility index (Phi) is 8.48. The van der Waals surface area contributed by atoms with Gasteiger partial charge in [0.25, 0.3) is 0 Å². The van der Waals surface area contributed by atoms with Crippen molar-refractivity contribution in [3.05, 3.63) is 53.8 Å². The first kappa shape index (κ1) is 24.0. The highest BCUT2D eigenvalue weighted by molar-refractivity contribution is 14.0. The van der Waals surface area contributed by atoms with E-state index in [1.807, 2.05) is 19.9 Å². The van der Waals surface area contributed by atoms with Gasteiger partial charge >= 0.3 is 0 Å². The number of aromatic nitrogens is 3. The number of benzene rings is 1. The first-order valence-corrected chi connectivity index (χ1v) is 10.5. The fraction of sp³-hybridized carbons (Fsp3) is 0.409. The van der Waals surface area contributed by atoms with Crippen LogP contribution in [0.4, 0.5) is 4.39 Å². The summed E-state index contributed by atoms with van der Waals surface area (Å²) in [6.07, 6.45) is 3.92. The molecule has 1 atom stereocenters. The number of ether oxygens (including phenoxy) is 1. The van der Waals surface area contributed by atoms with Gasteiger partial charge in [0.1, 0.15) is 12.4 Å². The minimum Gasteiger partial charge on any atom is -0.490 e. The largest absolute Gasteiger partial charge is 0.490 e. The maximum atomic E-state index is 14.4. The Hall–Kier alpha value is -2.63. The van der Waals surface area contributed by atoms with Crippen LogP contribution in [0.15, 0.2) is 46.0 Å².